The molecule has 0 saturated heterocycles. The van der Waals surface area contributed by atoms with Gasteiger partial charge in [-0.3, -0.25) is 18.8 Å². The van der Waals surface area contributed by atoms with E-state index in [0.29, 0.717) is 38.4 Å². The molecule has 5 aromatic rings. The minimum atomic E-state index is -0.101. The Kier molecular flexibility index (Phi) is 7.49. The Balaban J connectivity index is 1.43. The molecule has 0 aliphatic heterocycles. The molecule has 0 aliphatic carbocycles. The normalized spacial score (nSPS) is 12.3. The van der Waals surface area contributed by atoms with Crippen molar-refractivity contribution in [1.82, 2.24) is 24.3 Å². The standard InChI is InChI=1S/C29H29N5O2S2/c1-5-9-23-24-25(33(4)32-23)29(36)34(27(31-24)21-10-7-6-8-11-21)16-17-37-22-14-12-20(13-15-22)18(2)26-28(35)30-19(3)38-26/h6-8,10-15H,3,5,9,16-17H2,1-2,4H3,(H,30,35)/b26-18+. The first-order valence-corrected chi connectivity index (χ1v) is 14.3. The number of nitrogens with one attached hydrogen (secondary N) is 1. The topological polar surface area (TPSA) is 85.6 Å². The molecule has 0 fully saturated rings. The van der Waals surface area contributed by atoms with Crippen molar-refractivity contribution in [2.45, 2.75) is 38.1 Å². The second kappa shape index (κ2) is 11.0. The summed E-state index contributed by atoms with van der Waals surface area (Å²) < 4.78 is 4.78. The number of thioether (sulfide) groups is 1. The van der Waals surface area contributed by atoms with Gasteiger partial charge in [0.1, 0.15) is 11.3 Å². The Morgan fingerprint density at radius 2 is 1.84 bits per heavy atom. The first-order chi connectivity index (χ1) is 18.4. The molecule has 194 valence electrons. The summed E-state index contributed by atoms with van der Waals surface area (Å²) in [7, 11) is 1.81. The third kappa shape index (κ3) is 5.04. The minimum absolute atomic E-state index is 0.0710. The molecule has 0 aliphatic rings. The number of aromatic amines is 1. The summed E-state index contributed by atoms with van der Waals surface area (Å²) in [6.07, 6.45) is 1.72. The highest BCUT2D eigenvalue weighted by molar-refractivity contribution is 7.99. The quantitative estimate of drug-likeness (QED) is 0.300. The molecular formula is C29H29N5O2S2. The number of rotatable bonds is 8. The van der Waals surface area contributed by atoms with Crippen molar-refractivity contribution in [3.63, 3.8) is 0 Å². The monoisotopic (exact) mass is 543 g/mol. The molecule has 0 radical (unpaired) electrons. The summed E-state index contributed by atoms with van der Waals surface area (Å²) in [6.45, 7) is 8.39. The predicted molar refractivity (Wildman–Crippen MR) is 157 cm³/mol. The fourth-order valence-corrected chi connectivity index (χ4v) is 6.19. The minimum Gasteiger partial charge on any atom is -0.313 e. The maximum atomic E-state index is 13.7. The SMILES string of the molecule is C=c1[nH]c(=O)/c(=C(/C)c2ccc(SCCn3c(-c4ccccc4)nc4c(CCC)nn(C)c4c3=O)cc2)s1. The number of fused-ring (bicyclic) bond motifs is 1. The number of aryl methyl sites for hydroxylation is 2. The summed E-state index contributed by atoms with van der Waals surface area (Å²) in [5, 5.41) is 4.60. The lowest BCUT2D eigenvalue weighted by atomic mass is 10.1. The predicted octanol–water partition coefficient (Wildman–Crippen LogP) is 3.92. The van der Waals surface area contributed by atoms with Gasteiger partial charge in [0, 0.05) is 29.8 Å². The summed E-state index contributed by atoms with van der Waals surface area (Å²) in [5.74, 6) is 1.37. The van der Waals surface area contributed by atoms with Crippen LogP contribution < -0.4 is 20.3 Å². The van der Waals surface area contributed by atoms with Gasteiger partial charge < -0.3 is 4.98 Å². The van der Waals surface area contributed by atoms with E-state index in [-0.39, 0.29) is 11.1 Å². The first-order valence-electron chi connectivity index (χ1n) is 12.5. The zero-order valence-corrected chi connectivity index (χ0v) is 23.3. The molecule has 3 aromatic heterocycles. The average Bonchev–Trinajstić information content (AvgIpc) is 3.43. The smallest absolute Gasteiger partial charge is 0.280 e. The third-order valence-electron chi connectivity index (χ3n) is 6.43. The molecule has 0 bridgehead atoms. The Morgan fingerprint density at radius 1 is 1.11 bits per heavy atom. The van der Waals surface area contributed by atoms with E-state index < -0.39 is 0 Å². The van der Waals surface area contributed by atoms with E-state index >= 15 is 0 Å². The van der Waals surface area contributed by atoms with Crippen LogP contribution in [-0.2, 0) is 20.0 Å². The average molecular weight is 544 g/mol. The van der Waals surface area contributed by atoms with Crippen LogP contribution in [-0.4, -0.2) is 30.1 Å². The number of nitrogens with zero attached hydrogens (tertiary/aromatic N) is 4. The highest BCUT2D eigenvalue weighted by Crippen LogP contribution is 2.24. The van der Waals surface area contributed by atoms with Crippen LogP contribution in [0.4, 0.5) is 0 Å². The molecule has 38 heavy (non-hydrogen) atoms. The van der Waals surface area contributed by atoms with Crippen LogP contribution in [0.5, 0.6) is 0 Å². The lowest BCUT2D eigenvalue weighted by Gasteiger charge is -2.13. The van der Waals surface area contributed by atoms with E-state index in [1.54, 1.807) is 21.0 Å². The van der Waals surface area contributed by atoms with E-state index in [0.717, 1.165) is 40.1 Å². The molecule has 2 aromatic carbocycles. The van der Waals surface area contributed by atoms with Crippen molar-refractivity contribution in [2.24, 2.45) is 7.05 Å². The molecular weight excluding hydrogens is 514 g/mol. The van der Waals surface area contributed by atoms with Gasteiger partial charge in [-0.2, -0.15) is 5.10 Å². The van der Waals surface area contributed by atoms with Gasteiger partial charge in [0.05, 0.1) is 14.9 Å². The number of thiazole rings is 1. The van der Waals surface area contributed by atoms with Crippen molar-refractivity contribution in [3.05, 3.63) is 95.8 Å². The van der Waals surface area contributed by atoms with Gasteiger partial charge >= 0.3 is 0 Å². The van der Waals surface area contributed by atoms with Crippen molar-refractivity contribution < 1.29 is 0 Å². The van der Waals surface area contributed by atoms with Crippen LogP contribution in [0.15, 0.2) is 69.1 Å². The Hall–Kier alpha value is -3.69. The maximum Gasteiger partial charge on any atom is 0.280 e. The van der Waals surface area contributed by atoms with Crippen LogP contribution in [0.2, 0.25) is 0 Å². The van der Waals surface area contributed by atoms with Crippen molar-refractivity contribution in [1.29, 1.82) is 0 Å². The van der Waals surface area contributed by atoms with E-state index in [1.807, 2.05) is 56.4 Å². The fraction of sp³-hybridized carbons (Fsp3) is 0.241. The number of hydrogen-bond donors (Lipinski definition) is 1. The third-order valence-corrected chi connectivity index (χ3v) is 8.46. The summed E-state index contributed by atoms with van der Waals surface area (Å²) in [6, 6.07) is 18.0. The highest BCUT2D eigenvalue weighted by Gasteiger charge is 2.19. The van der Waals surface area contributed by atoms with Gasteiger partial charge in [-0.1, -0.05) is 62.4 Å². The van der Waals surface area contributed by atoms with E-state index in [4.69, 9.17) is 4.98 Å². The molecule has 0 atom stereocenters. The van der Waals surface area contributed by atoms with Crippen LogP contribution >= 0.6 is 23.1 Å². The van der Waals surface area contributed by atoms with Gasteiger partial charge in [-0.25, -0.2) is 4.98 Å². The number of benzene rings is 2. The molecule has 7 nitrogen and oxygen atoms in total. The zero-order valence-electron chi connectivity index (χ0n) is 21.7. The van der Waals surface area contributed by atoms with E-state index in [2.05, 4.69) is 35.7 Å². The van der Waals surface area contributed by atoms with Gasteiger partial charge in [-0.15, -0.1) is 23.1 Å². The molecule has 1 N–H and O–H groups in total. The van der Waals surface area contributed by atoms with Crippen molar-refractivity contribution in [3.8, 4) is 11.4 Å². The lowest BCUT2D eigenvalue weighted by molar-refractivity contribution is 0.716. The summed E-state index contributed by atoms with van der Waals surface area (Å²) in [5.41, 5.74) is 4.77. The highest BCUT2D eigenvalue weighted by atomic mass is 32.2. The lowest BCUT2D eigenvalue weighted by Crippen LogP contribution is -2.25. The van der Waals surface area contributed by atoms with Gasteiger partial charge in [0.15, 0.2) is 5.52 Å². The van der Waals surface area contributed by atoms with E-state index in [9.17, 15) is 9.59 Å². The molecule has 5 rings (SSSR count). The van der Waals surface area contributed by atoms with Crippen LogP contribution in [0.3, 0.4) is 0 Å². The van der Waals surface area contributed by atoms with Gasteiger partial charge in [0.25, 0.3) is 11.1 Å². The molecule has 0 unspecified atom stereocenters. The largest absolute Gasteiger partial charge is 0.313 e. The molecule has 3 heterocycles. The summed E-state index contributed by atoms with van der Waals surface area (Å²) in [4.78, 5) is 34.7. The Bertz CT molecular complexity index is 1830. The van der Waals surface area contributed by atoms with Crippen LogP contribution in [0.1, 0.15) is 31.5 Å². The number of H-pyrrole nitrogens is 1. The first kappa shape index (κ1) is 25.9. The summed E-state index contributed by atoms with van der Waals surface area (Å²) >= 11 is 3.05. The van der Waals surface area contributed by atoms with Gasteiger partial charge in [-0.05, 0) is 36.6 Å². The Labute approximate surface area is 228 Å². The number of hydrogen-bond acceptors (Lipinski definition) is 6. The zero-order chi connectivity index (χ0) is 26.8. The molecule has 0 saturated carbocycles. The molecule has 0 spiro atoms. The van der Waals surface area contributed by atoms with Crippen LogP contribution in [0.25, 0.3) is 34.6 Å². The molecule has 0 amide bonds. The maximum absolute atomic E-state index is 13.7. The van der Waals surface area contributed by atoms with Crippen molar-refractivity contribution in [2.75, 3.05) is 5.75 Å². The Morgan fingerprint density at radius 3 is 2.50 bits per heavy atom. The second-order valence-corrected chi connectivity index (χ2v) is 11.4. The van der Waals surface area contributed by atoms with Gasteiger partial charge in [0.2, 0.25) is 0 Å². The van der Waals surface area contributed by atoms with Crippen LogP contribution in [0, 0.1) is 0 Å². The second-order valence-electron chi connectivity index (χ2n) is 9.08. The van der Waals surface area contributed by atoms with E-state index in [1.165, 1.54) is 11.3 Å². The molecule has 9 heteroatoms. The fourth-order valence-electron chi connectivity index (χ4n) is 4.55. The van der Waals surface area contributed by atoms with Crippen molar-refractivity contribution >= 4 is 46.3 Å². The number of aromatic nitrogens is 5.